The number of hydrogen-bond acceptors (Lipinski definition) is 6. The maximum Gasteiger partial charge on any atom is 0.492 e. The van der Waals surface area contributed by atoms with Crippen molar-refractivity contribution in [2.75, 3.05) is 0 Å². The molecule has 9 heteroatoms. The lowest BCUT2D eigenvalue weighted by atomic mass is 9.75. The highest BCUT2D eigenvalue weighted by Crippen LogP contribution is 2.17. The molecule has 7 nitrogen and oxygen atoms in total. The van der Waals surface area contributed by atoms with Gasteiger partial charge in [0.25, 0.3) is 5.91 Å². The summed E-state index contributed by atoms with van der Waals surface area (Å²) < 4.78 is 29.8. The lowest BCUT2D eigenvalue weighted by Crippen LogP contribution is -2.49. The number of carbonyl (C=O) groups excluding carboxylic acids is 2. The third-order valence-corrected chi connectivity index (χ3v) is 6.15. The number of carbonyl (C=O) groups is 2. The van der Waals surface area contributed by atoms with E-state index in [2.05, 4.69) is 5.32 Å². The van der Waals surface area contributed by atoms with E-state index in [1.807, 2.05) is 30.3 Å². The maximum absolute atomic E-state index is 13.2. The first kappa shape index (κ1) is 25.6. The predicted molar refractivity (Wildman–Crippen MR) is 132 cm³/mol. The molecule has 0 saturated heterocycles. The summed E-state index contributed by atoms with van der Waals surface area (Å²) in [6.07, 6.45) is -0.724. The van der Waals surface area contributed by atoms with Crippen LogP contribution in [0.2, 0.25) is 0 Å². The zero-order valence-electron chi connectivity index (χ0n) is 20.1. The van der Waals surface area contributed by atoms with Gasteiger partial charge in [-0.2, -0.15) is 0 Å². The Morgan fingerprint density at radius 3 is 2.47 bits per heavy atom. The molecule has 1 aliphatic rings. The molecule has 1 amide bonds. The number of rotatable bonds is 9. The van der Waals surface area contributed by atoms with Gasteiger partial charge in [-0.1, -0.05) is 48.5 Å². The minimum Gasteiger partial charge on any atom is -0.459 e. The van der Waals surface area contributed by atoms with E-state index in [0.717, 1.165) is 11.1 Å². The van der Waals surface area contributed by atoms with Crippen molar-refractivity contribution in [3.8, 4) is 0 Å². The first-order chi connectivity index (χ1) is 17.3. The molecule has 0 aliphatic carbocycles. The smallest absolute Gasteiger partial charge is 0.459 e. The number of benzene rings is 3. The Bertz CT molecular complexity index is 1220. The van der Waals surface area contributed by atoms with E-state index in [4.69, 9.17) is 14.1 Å². The van der Waals surface area contributed by atoms with Crippen LogP contribution in [0.5, 0.6) is 0 Å². The molecule has 2 N–H and O–H groups in total. The van der Waals surface area contributed by atoms with Crippen LogP contribution in [0, 0.1) is 12.7 Å². The van der Waals surface area contributed by atoms with Gasteiger partial charge in [0.15, 0.2) is 6.04 Å². The van der Waals surface area contributed by atoms with Gasteiger partial charge < -0.3 is 24.5 Å². The molecule has 0 saturated carbocycles. The lowest BCUT2D eigenvalue weighted by molar-refractivity contribution is -0.151. The third-order valence-electron chi connectivity index (χ3n) is 6.15. The number of hydrogen-bond donors (Lipinski definition) is 2. The number of fused-ring (bicyclic) bond motifs is 1. The van der Waals surface area contributed by atoms with E-state index in [0.29, 0.717) is 22.2 Å². The van der Waals surface area contributed by atoms with Crippen molar-refractivity contribution in [1.29, 1.82) is 0 Å². The molecule has 1 aliphatic heterocycles. The summed E-state index contributed by atoms with van der Waals surface area (Å²) >= 11 is 0. The van der Waals surface area contributed by atoms with Crippen molar-refractivity contribution in [2.45, 2.75) is 45.8 Å². The van der Waals surface area contributed by atoms with Crippen LogP contribution in [-0.4, -0.2) is 36.2 Å². The highest BCUT2D eigenvalue weighted by molar-refractivity contribution is 6.62. The Labute approximate surface area is 209 Å². The summed E-state index contributed by atoms with van der Waals surface area (Å²) in [5.41, 5.74) is 3.78. The van der Waals surface area contributed by atoms with Crippen molar-refractivity contribution in [2.24, 2.45) is 0 Å². The Kier molecular flexibility index (Phi) is 8.15. The zero-order chi connectivity index (χ0) is 25.7. The van der Waals surface area contributed by atoms with Crippen LogP contribution < -0.4 is 10.8 Å². The molecule has 3 aromatic rings. The fourth-order valence-electron chi connectivity index (χ4n) is 4.06. The van der Waals surface area contributed by atoms with Crippen LogP contribution in [0.25, 0.3) is 0 Å². The van der Waals surface area contributed by atoms with Gasteiger partial charge in [0.2, 0.25) is 0 Å². The minimum atomic E-state index is -1.12. The number of amides is 1. The molecule has 0 radical (unpaired) electrons. The van der Waals surface area contributed by atoms with Crippen molar-refractivity contribution in [3.63, 3.8) is 0 Å². The second-order valence-corrected chi connectivity index (χ2v) is 8.66. The molecule has 0 aromatic heterocycles. The second kappa shape index (κ2) is 11.5. The molecule has 0 fully saturated rings. The fraction of sp³-hybridized carbons (Fsp3) is 0.259. The molecule has 0 bridgehead atoms. The van der Waals surface area contributed by atoms with E-state index >= 15 is 0 Å². The Balaban J connectivity index is 1.50. The van der Waals surface area contributed by atoms with Crippen LogP contribution in [0.1, 0.15) is 39.5 Å². The molecule has 36 heavy (non-hydrogen) atoms. The average molecular weight is 491 g/mol. The second-order valence-electron chi connectivity index (χ2n) is 8.66. The highest BCUT2D eigenvalue weighted by Gasteiger charge is 2.33. The van der Waals surface area contributed by atoms with Crippen molar-refractivity contribution in [1.82, 2.24) is 5.32 Å². The summed E-state index contributed by atoms with van der Waals surface area (Å²) in [4.78, 5) is 26.3. The van der Waals surface area contributed by atoms with Crippen LogP contribution >= 0.6 is 0 Å². The normalized spacial score (nSPS) is 14.2. The largest absolute Gasteiger partial charge is 0.492 e. The molecule has 186 valence electrons. The Morgan fingerprint density at radius 2 is 1.75 bits per heavy atom. The van der Waals surface area contributed by atoms with Crippen LogP contribution in [0.15, 0.2) is 66.7 Å². The average Bonchev–Trinajstić information content (AvgIpc) is 3.27. The Morgan fingerprint density at radius 1 is 1.06 bits per heavy atom. The van der Waals surface area contributed by atoms with Gasteiger partial charge in [-0.15, -0.1) is 0 Å². The number of ether oxygens (including phenoxy) is 2. The fourth-order valence-corrected chi connectivity index (χ4v) is 4.06. The standard InChI is InChI=1S/C27H27BFNO6/c1-17-23(13-10-21-16-36-28(33)24(17)21)26(31)30-25(18(2)34-14-19-6-4-3-5-7-19)27(32)35-15-20-8-11-22(29)12-9-20/h3-13,18,25,33H,14-16H2,1-2H3,(H,30,31)/t18?,25-/m0/s1. The van der Waals surface area contributed by atoms with Crippen molar-refractivity contribution < 1.29 is 33.1 Å². The zero-order valence-corrected chi connectivity index (χ0v) is 20.1. The van der Waals surface area contributed by atoms with E-state index in [1.54, 1.807) is 26.0 Å². The first-order valence-corrected chi connectivity index (χ1v) is 11.6. The minimum absolute atomic E-state index is 0.0850. The highest BCUT2D eigenvalue weighted by atomic mass is 19.1. The summed E-state index contributed by atoms with van der Waals surface area (Å²) in [6, 6.07) is 17.3. The maximum atomic E-state index is 13.2. The topological polar surface area (TPSA) is 94.1 Å². The molecule has 1 heterocycles. The summed E-state index contributed by atoms with van der Waals surface area (Å²) in [5.74, 6) is -1.58. The van der Waals surface area contributed by atoms with E-state index in [1.165, 1.54) is 24.3 Å². The number of halogens is 1. The molecule has 0 spiro atoms. The van der Waals surface area contributed by atoms with Crippen LogP contribution in [0.3, 0.4) is 0 Å². The first-order valence-electron chi connectivity index (χ1n) is 11.6. The lowest BCUT2D eigenvalue weighted by Gasteiger charge is -2.24. The summed E-state index contributed by atoms with van der Waals surface area (Å²) in [5, 5.41) is 12.9. The molecular weight excluding hydrogens is 464 g/mol. The molecule has 4 rings (SSSR count). The van der Waals surface area contributed by atoms with Crippen molar-refractivity contribution in [3.05, 3.63) is 100 Å². The number of esters is 1. The molecule has 1 unspecified atom stereocenters. The molecule has 2 atom stereocenters. The number of nitrogens with one attached hydrogen (secondary N) is 1. The predicted octanol–water partition coefficient (Wildman–Crippen LogP) is 2.80. The van der Waals surface area contributed by atoms with Crippen LogP contribution in [-0.2, 0) is 38.7 Å². The van der Waals surface area contributed by atoms with Gasteiger partial charge in [-0.25, -0.2) is 9.18 Å². The van der Waals surface area contributed by atoms with Gasteiger partial charge in [-0.05, 0) is 59.8 Å². The summed E-state index contributed by atoms with van der Waals surface area (Å²) in [7, 11) is -1.10. The molecule has 3 aromatic carbocycles. The van der Waals surface area contributed by atoms with Gasteiger partial charge in [0, 0.05) is 5.56 Å². The SMILES string of the molecule is Cc1c(C(=O)N[C@H](C(=O)OCc2ccc(F)cc2)C(C)OCc2ccccc2)ccc2c1B(O)OC2. The van der Waals surface area contributed by atoms with Gasteiger partial charge >= 0.3 is 13.1 Å². The molecular formula is C27H27BFNO6. The van der Waals surface area contributed by atoms with E-state index < -0.39 is 37.0 Å². The van der Waals surface area contributed by atoms with Crippen molar-refractivity contribution >= 4 is 24.5 Å². The van der Waals surface area contributed by atoms with Gasteiger partial charge in [0.1, 0.15) is 12.4 Å². The third kappa shape index (κ3) is 5.99. The summed E-state index contributed by atoms with van der Waals surface area (Å²) in [6.45, 7) is 3.82. The van der Waals surface area contributed by atoms with Gasteiger partial charge in [-0.3, -0.25) is 4.79 Å². The Hall–Kier alpha value is -3.53. The monoisotopic (exact) mass is 491 g/mol. The van der Waals surface area contributed by atoms with E-state index in [-0.39, 0.29) is 19.8 Å². The van der Waals surface area contributed by atoms with Gasteiger partial charge in [0.05, 0.1) is 19.3 Å². The van der Waals surface area contributed by atoms with E-state index in [9.17, 15) is 19.0 Å². The quantitative estimate of drug-likeness (QED) is 0.353. The van der Waals surface area contributed by atoms with Crippen LogP contribution in [0.4, 0.5) is 4.39 Å².